The molecule has 0 aliphatic heterocycles. The van der Waals surface area contributed by atoms with Gasteiger partial charge >= 0.3 is 11.9 Å². The summed E-state index contributed by atoms with van der Waals surface area (Å²) in [6.45, 7) is 4.05. The SMILES string of the molecule is CC#CCOc1ccc(C[C@H](NC(=O)[C@@H](/C=C/CCCCCCC(=O)CCCCCCC)[C@@](O)(CC#N)C(=O)O)C(=O)O)cc1. The van der Waals surface area contributed by atoms with E-state index in [0.717, 1.165) is 32.1 Å². The van der Waals surface area contributed by atoms with Crippen molar-refractivity contribution in [3.8, 4) is 23.7 Å². The van der Waals surface area contributed by atoms with Crippen LogP contribution in [0.5, 0.6) is 5.75 Å². The molecular formula is C35H48N2O8. The Labute approximate surface area is 266 Å². The molecule has 10 nitrogen and oxygen atoms in total. The lowest BCUT2D eigenvalue weighted by atomic mass is 9.83. The molecule has 0 bridgehead atoms. The number of hydrogen-bond donors (Lipinski definition) is 4. The van der Waals surface area contributed by atoms with Gasteiger partial charge in [-0.1, -0.05) is 75.7 Å². The number of aliphatic hydroxyl groups is 1. The van der Waals surface area contributed by atoms with Gasteiger partial charge in [-0.05, 0) is 50.3 Å². The van der Waals surface area contributed by atoms with Crippen molar-refractivity contribution in [3.05, 3.63) is 42.0 Å². The van der Waals surface area contributed by atoms with Crippen LogP contribution in [0.25, 0.3) is 0 Å². The van der Waals surface area contributed by atoms with Crippen LogP contribution in [0.15, 0.2) is 36.4 Å². The smallest absolute Gasteiger partial charge is 0.337 e. The molecule has 0 aliphatic carbocycles. The molecule has 0 spiro atoms. The first-order chi connectivity index (χ1) is 21.6. The number of nitriles is 1. The Balaban J connectivity index is 2.77. The number of aliphatic carboxylic acids is 2. The Bertz CT molecular complexity index is 1210. The molecule has 1 amide bonds. The lowest BCUT2D eigenvalue weighted by Gasteiger charge is -2.28. The third-order valence-corrected chi connectivity index (χ3v) is 7.45. The van der Waals surface area contributed by atoms with E-state index in [2.05, 4.69) is 24.1 Å². The number of benzene rings is 1. The van der Waals surface area contributed by atoms with Crippen molar-refractivity contribution >= 4 is 23.6 Å². The maximum atomic E-state index is 13.2. The molecule has 10 heteroatoms. The van der Waals surface area contributed by atoms with Crippen molar-refractivity contribution in [1.82, 2.24) is 5.32 Å². The molecule has 0 radical (unpaired) electrons. The van der Waals surface area contributed by atoms with E-state index in [1.54, 1.807) is 43.3 Å². The first-order valence-electron chi connectivity index (χ1n) is 15.7. The van der Waals surface area contributed by atoms with Gasteiger partial charge in [0, 0.05) is 19.3 Å². The number of hydrogen-bond acceptors (Lipinski definition) is 7. The quantitative estimate of drug-likeness (QED) is 0.0669. The Morgan fingerprint density at radius 2 is 1.60 bits per heavy atom. The topological polar surface area (TPSA) is 174 Å². The molecule has 0 aromatic heterocycles. The molecule has 0 heterocycles. The number of rotatable bonds is 24. The fourth-order valence-electron chi connectivity index (χ4n) is 4.73. The maximum Gasteiger partial charge on any atom is 0.337 e. The fraction of sp³-hybridized carbons (Fsp3) is 0.571. The number of allylic oxidation sites excluding steroid dienone is 1. The minimum atomic E-state index is -2.75. The monoisotopic (exact) mass is 624 g/mol. The molecule has 3 atom stereocenters. The van der Waals surface area contributed by atoms with Crippen LogP contribution in [0.1, 0.15) is 103 Å². The van der Waals surface area contributed by atoms with Crippen molar-refractivity contribution in [3.63, 3.8) is 0 Å². The van der Waals surface area contributed by atoms with Gasteiger partial charge in [-0.3, -0.25) is 9.59 Å². The maximum absolute atomic E-state index is 13.2. The van der Waals surface area contributed by atoms with Gasteiger partial charge in [0.25, 0.3) is 0 Å². The number of nitrogens with zero attached hydrogens (tertiary/aromatic N) is 1. The number of ketones is 1. The third kappa shape index (κ3) is 15.4. The van der Waals surface area contributed by atoms with Crippen LogP contribution in [0.2, 0.25) is 0 Å². The first kappa shape index (κ1) is 38.9. The average molecular weight is 625 g/mol. The lowest BCUT2D eigenvalue weighted by molar-refractivity contribution is -0.166. The Morgan fingerprint density at radius 3 is 2.16 bits per heavy atom. The van der Waals surface area contributed by atoms with E-state index in [1.807, 2.05) is 0 Å². The predicted molar refractivity (Wildman–Crippen MR) is 170 cm³/mol. The zero-order valence-corrected chi connectivity index (χ0v) is 26.6. The van der Waals surface area contributed by atoms with Gasteiger partial charge in [0.05, 0.1) is 18.4 Å². The van der Waals surface area contributed by atoms with Crippen LogP contribution in [0.4, 0.5) is 0 Å². The van der Waals surface area contributed by atoms with E-state index >= 15 is 0 Å². The van der Waals surface area contributed by atoms with E-state index in [1.165, 1.54) is 25.3 Å². The number of carbonyl (C=O) groups is 4. The Hall–Kier alpha value is -4.15. The summed E-state index contributed by atoms with van der Waals surface area (Å²) >= 11 is 0. The largest absolute Gasteiger partial charge is 0.481 e. The van der Waals surface area contributed by atoms with Gasteiger partial charge in [-0.2, -0.15) is 5.26 Å². The summed E-state index contributed by atoms with van der Waals surface area (Å²) in [6.07, 6.45) is 12.2. The highest BCUT2D eigenvalue weighted by molar-refractivity contribution is 5.92. The van der Waals surface area contributed by atoms with E-state index in [9.17, 15) is 39.8 Å². The van der Waals surface area contributed by atoms with Gasteiger partial charge in [0.2, 0.25) is 5.91 Å². The normalized spacial score (nSPS) is 13.5. The molecule has 4 N–H and O–H groups in total. The van der Waals surface area contributed by atoms with E-state index < -0.39 is 41.8 Å². The Morgan fingerprint density at radius 1 is 0.978 bits per heavy atom. The number of amides is 1. The van der Waals surface area contributed by atoms with Crippen LogP contribution < -0.4 is 10.1 Å². The van der Waals surface area contributed by atoms with Gasteiger partial charge in [-0.15, -0.1) is 5.92 Å². The molecular weight excluding hydrogens is 576 g/mol. The highest BCUT2D eigenvalue weighted by Gasteiger charge is 2.47. The predicted octanol–water partition coefficient (Wildman–Crippen LogP) is 5.37. The lowest BCUT2D eigenvalue weighted by Crippen LogP contribution is -2.54. The van der Waals surface area contributed by atoms with E-state index in [0.29, 0.717) is 37.0 Å². The number of unbranched alkanes of at least 4 members (excludes halogenated alkanes) is 8. The van der Waals surface area contributed by atoms with Gasteiger partial charge in [0.15, 0.2) is 5.60 Å². The number of carbonyl (C=O) groups excluding carboxylic acids is 2. The van der Waals surface area contributed by atoms with Crippen molar-refractivity contribution in [2.45, 2.75) is 115 Å². The minimum absolute atomic E-state index is 0.113. The molecule has 0 unspecified atom stereocenters. The highest BCUT2D eigenvalue weighted by atomic mass is 16.5. The van der Waals surface area contributed by atoms with Crippen LogP contribution in [0, 0.1) is 29.1 Å². The second kappa shape index (κ2) is 22.4. The zero-order chi connectivity index (χ0) is 33.5. The second-order valence-corrected chi connectivity index (χ2v) is 11.1. The summed E-state index contributed by atoms with van der Waals surface area (Å²) in [6, 6.07) is 6.75. The van der Waals surface area contributed by atoms with Gasteiger partial charge in [-0.25, -0.2) is 9.59 Å². The zero-order valence-electron chi connectivity index (χ0n) is 26.6. The summed E-state index contributed by atoms with van der Waals surface area (Å²) < 4.78 is 5.45. The molecule has 0 aliphatic rings. The molecule has 0 saturated heterocycles. The average Bonchev–Trinajstić information content (AvgIpc) is 3.00. The van der Waals surface area contributed by atoms with Gasteiger partial charge < -0.3 is 25.4 Å². The fourth-order valence-corrected chi connectivity index (χ4v) is 4.73. The van der Waals surface area contributed by atoms with Crippen molar-refractivity contribution < 1.29 is 39.2 Å². The summed E-state index contributed by atoms with van der Waals surface area (Å²) in [5.74, 6) is 0.455. The van der Waals surface area contributed by atoms with Crippen LogP contribution in [-0.4, -0.2) is 57.2 Å². The molecule has 246 valence electrons. The second-order valence-electron chi connectivity index (χ2n) is 11.1. The van der Waals surface area contributed by atoms with Crippen LogP contribution in [0.3, 0.4) is 0 Å². The Kier molecular flexibility index (Phi) is 19.3. The minimum Gasteiger partial charge on any atom is -0.481 e. The van der Waals surface area contributed by atoms with Crippen LogP contribution >= 0.6 is 0 Å². The van der Waals surface area contributed by atoms with E-state index in [-0.39, 0.29) is 18.8 Å². The van der Waals surface area contributed by atoms with Crippen molar-refractivity contribution in [2.24, 2.45) is 5.92 Å². The number of ether oxygens (including phenoxy) is 1. The summed E-state index contributed by atoms with van der Waals surface area (Å²) in [4.78, 5) is 49.3. The number of nitrogens with one attached hydrogen (secondary N) is 1. The van der Waals surface area contributed by atoms with Gasteiger partial charge in [0.1, 0.15) is 24.2 Å². The van der Waals surface area contributed by atoms with Crippen LogP contribution in [-0.2, 0) is 25.6 Å². The summed E-state index contributed by atoms with van der Waals surface area (Å²) in [5, 5.41) is 41.9. The highest BCUT2D eigenvalue weighted by Crippen LogP contribution is 2.25. The number of carboxylic acid groups (broad SMARTS) is 2. The summed E-state index contributed by atoms with van der Waals surface area (Å²) in [5.41, 5.74) is -2.18. The number of carboxylic acids is 2. The molecule has 1 rings (SSSR count). The van der Waals surface area contributed by atoms with Crippen molar-refractivity contribution in [2.75, 3.05) is 6.61 Å². The summed E-state index contributed by atoms with van der Waals surface area (Å²) in [7, 11) is 0. The molecule has 0 saturated carbocycles. The third-order valence-electron chi connectivity index (χ3n) is 7.45. The standard InChI is InChI=1S/C35H48N2O8/c1-3-5-7-10-13-16-28(38)17-14-11-8-9-12-15-18-30(35(44,23-24-36)34(42)43)32(39)37-31(33(40)41)26-27-19-21-29(22-20-27)45-25-6-4-2/h15,18-22,30-31,44H,3,5,7-14,16-17,23,25-26H2,1-2H3,(H,37,39)(H,40,41)(H,42,43)/b18-15+/t30-,31+,35+/m1/s1. The molecule has 45 heavy (non-hydrogen) atoms. The first-order valence-corrected chi connectivity index (χ1v) is 15.7. The molecule has 1 aromatic carbocycles. The van der Waals surface area contributed by atoms with Crippen molar-refractivity contribution in [1.29, 1.82) is 5.26 Å². The molecule has 0 fully saturated rings. The number of Topliss-reactive ketones (excluding diaryl/α,β-unsaturated/α-hetero) is 1. The van der Waals surface area contributed by atoms with E-state index in [4.69, 9.17) is 4.74 Å². The molecule has 1 aromatic rings.